The van der Waals surface area contributed by atoms with Crippen LogP contribution in [0.3, 0.4) is 0 Å². The van der Waals surface area contributed by atoms with Crippen molar-refractivity contribution in [2.45, 2.75) is 27.3 Å². The number of hydrogen-bond acceptors (Lipinski definition) is 5. The van der Waals surface area contributed by atoms with Crippen LogP contribution in [0.5, 0.6) is 5.75 Å². The summed E-state index contributed by atoms with van der Waals surface area (Å²) in [5, 5.41) is 6.69. The van der Waals surface area contributed by atoms with Gasteiger partial charge in [-0.1, -0.05) is 29.8 Å². The minimum Gasteiger partial charge on any atom is -0.494 e. The molecule has 0 fully saturated rings. The fourth-order valence-electron chi connectivity index (χ4n) is 2.69. The maximum absolute atomic E-state index is 5.47. The van der Waals surface area contributed by atoms with Crippen molar-refractivity contribution in [3.05, 3.63) is 71.5 Å². The highest BCUT2D eigenvalue weighted by atomic mass is 16.5. The Labute approximate surface area is 154 Å². The molecule has 2 N–H and O–H groups in total. The smallest absolute Gasteiger partial charge is 0.136 e. The number of ether oxygens (including phenoxy) is 1. The number of aromatic nitrogens is 2. The average Bonchev–Trinajstić information content (AvgIpc) is 2.62. The van der Waals surface area contributed by atoms with Crippen molar-refractivity contribution >= 4 is 17.3 Å². The normalized spacial score (nSPS) is 10.4. The van der Waals surface area contributed by atoms with Gasteiger partial charge in [0.25, 0.3) is 0 Å². The average molecular weight is 348 g/mol. The molecule has 2 aromatic carbocycles. The minimum absolute atomic E-state index is 0.661. The Balaban J connectivity index is 1.68. The van der Waals surface area contributed by atoms with Crippen molar-refractivity contribution in [2.75, 3.05) is 17.2 Å². The molecule has 26 heavy (non-hydrogen) atoms. The lowest BCUT2D eigenvalue weighted by Gasteiger charge is -2.11. The van der Waals surface area contributed by atoms with Crippen LogP contribution in [0.15, 0.2) is 54.6 Å². The maximum atomic E-state index is 5.47. The summed E-state index contributed by atoms with van der Waals surface area (Å²) in [5.74, 6) is 3.13. The fourth-order valence-corrected chi connectivity index (χ4v) is 2.69. The van der Waals surface area contributed by atoms with Crippen LogP contribution >= 0.6 is 0 Å². The SMILES string of the molecule is CCOc1ccc(Nc2cc(NCc3cccc(C)c3)nc(C)n2)cc1. The molecule has 0 aliphatic carbocycles. The van der Waals surface area contributed by atoms with Crippen molar-refractivity contribution in [3.8, 4) is 5.75 Å². The van der Waals surface area contributed by atoms with Crippen LogP contribution in [-0.4, -0.2) is 16.6 Å². The standard InChI is InChI=1S/C21H24N4O/c1-4-26-19-10-8-18(9-11-19)25-21-13-20(23-16(3)24-21)22-14-17-7-5-6-15(2)12-17/h5-13H,4,14H2,1-3H3,(H2,22,23,24,25). The number of anilines is 3. The van der Waals surface area contributed by atoms with E-state index in [1.54, 1.807) is 0 Å². The quantitative estimate of drug-likeness (QED) is 0.639. The molecule has 0 saturated heterocycles. The molecule has 0 unspecified atom stereocenters. The largest absolute Gasteiger partial charge is 0.494 e. The molecule has 0 radical (unpaired) electrons. The van der Waals surface area contributed by atoms with E-state index in [0.717, 1.165) is 29.6 Å². The van der Waals surface area contributed by atoms with Gasteiger partial charge in [-0.15, -0.1) is 0 Å². The molecule has 0 saturated carbocycles. The second-order valence-electron chi connectivity index (χ2n) is 6.11. The summed E-state index contributed by atoms with van der Waals surface area (Å²) in [6.07, 6.45) is 0. The van der Waals surface area contributed by atoms with Crippen LogP contribution in [0.2, 0.25) is 0 Å². The number of nitrogens with one attached hydrogen (secondary N) is 2. The van der Waals surface area contributed by atoms with Crippen molar-refractivity contribution < 1.29 is 4.74 Å². The van der Waals surface area contributed by atoms with Gasteiger partial charge >= 0.3 is 0 Å². The molecule has 5 heteroatoms. The highest BCUT2D eigenvalue weighted by molar-refractivity contribution is 5.60. The molecule has 0 bridgehead atoms. The predicted octanol–water partition coefficient (Wildman–Crippen LogP) is 4.85. The van der Waals surface area contributed by atoms with E-state index in [9.17, 15) is 0 Å². The number of nitrogens with zero attached hydrogens (tertiary/aromatic N) is 2. The van der Waals surface area contributed by atoms with Gasteiger partial charge in [0.1, 0.15) is 23.2 Å². The van der Waals surface area contributed by atoms with Gasteiger partial charge in [-0.25, -0.2) is 9.97 Å². The van der Waals surface area contributed by atoms with Crippen LogP contribution in [0, 0.1) is 13.8 Å². The second-order valence-corrected chi connectivity index (χ2v) is 6.11. The number of rotatable bonds is 7. The fraction of sp³-hybridized carbons (Fsp3) is 0.238. The number of aryl methyl sites for hydroxylation is 2. The first-order valence-electron chi connectivity index (χ1n) is 8.77. The number of benzene rings is 2. The summed E-state index contributed by atoms with van der Waals surface area (Å²) < 4.78 is 5.47. The lowest BCUT2D eigenvalue weighted by molar-refractivity contribution is 0.340. The molecular formula is C21H24N4O. The van der Waals surface area contributed by atoms with Gasteiger partial charge in [0.2, 0.25) is 0 Å². The van der Waals surface area contributed by atoms with Gasteiger partial charge in [0.05, 0.1) is 6.61 Å². The minimum atomic E-state index is 0.661. The summed E-state index contributed by atoms with van der Waals surface area (Å²) in [6.45, 7) is 7.34. The van der Waals surface area contributed by atoms with Gasteiger partial charge in [-0.05, 0) is 50.6 Å². The molecule has 1 aromatic heterocycles. The molecule has 5 nitrogen and oxygen atoms in total. The van der Waals surface area contributed by atoms with Crippen molar-refractivity contribution in [2.24, 2.45) is 0 Å². The van der Waals surface area contributed by atoms with Gasteiger partial charge in [0.15, 0.2) is 0 Å². The number of hydrogen-bond donors (Lipinski definition) is 2. The molecule has 0 aliphatic rings. The van der Waals surface area contributed by atoms with E-state index in [2.05, 4.69) is 51.8 Å². The topological polar surface area (TPSA) is 59.1 Å². The molecule has 3 aromatic rings. The van der Waals surface area contributed by atoms with Crippen molar-refractivity contribution in [3.63, 3.8) is 0 Å². The van der Waals surface area contributed by atoms with Crippen molar-refractivity contribution in [1.82, 2.24) is 9.97 Å². The highest BCUT2D eigenvalue weighted by Gasteiger charge is 2.04. The summed E-state index contributed by atoms with van der Waals surface area (Å²) in [5.41, 5.74) is 3.43. The first-order valence-corrected chi connectivity index (χ1v) is 8.77. The van der Waals surface area contributed by atoms with Crippen LogP contribution in [-0.2, 0) is 6.54 Å². The lowest BCUT2D eigenvalue weighted by atomic mass is 10.1. The van der Waals surface area contributed by atoms with Crippen LogP contribution in [0.1, 0.15) is 23.9 Å². The van der Waals surface area contributed by atoms with E-state index < -0.39 is 0 Å². The molecule has 1 heterocycles. The Morgan fingerprint density at radius 2 is 1.69 bits per heavy atom. The summed E-state index contributed by atoms with van der Waals surface area (Å²) in [7, 11) is 0. The molecule has 0 amide bonds. The van der Waals surface area contributed by atoms with Crippen LogP contribution < -0.4 is 15.4 Å². The molecule has 3 rings (SSSR count). The van der Waals surface area contributed by atoms with E-state index in [1.807, 2.05) is 44.2 Å². The molecule has 0 aliphatic heterocycles. The first kappa shape index (κ1) is 17.7. The van der Waals surface area contributed by atoms with E-state index in [4.69, 9.17) is 4.74 Å². The molecule has 0 spiro atoms. The lowest BCUT2D eigenvalue weighted by Crippen LogP contribution is -2.05. The zero-order chi connectivity index (χ0) is 18.4. The van der Waals surface area contributed by atoms with E-state index in [0.29, 0.717) is 12.4 Å². The Hall–Kier alpha value is -3.08. The molecular weight excluding hydrogens is 324 g/mol. The first-order chi connectivity index (χ1) is 12.6. The third-order valence-electron chi connectivity index (χ3n) is 3.83. The molecule has 0 atom stereocenters. The van der Waals surface area contributed by atoms with Crippen LogP contribution in [0.25, 0.3) is 0 Å². The Kier molecular flexibility index (Phi) is 5.69. The Bertz CT molecular complexity index is 862. The Morgan fingerprint density at radius 3 is 2.42 bits per heavy atom. The van der Waals surface area contributed by atoms with E-state index in [1.165, 1.54) is 11.1 Å². The summed E-state index contributed by atoms with van der Waals surface area (Å²) >= 11 is 0. The summed E-state index contributed by atoms with van der Waals surface area (Å²) in [4.78, 5) is 8.93. The monoisotopic (exact) mass is 348 g/mol. The Morgan fingerprint density at radius 1 is 0.923 bits per heavy atom. The predicted molar refractivity (Wildman–Crippen MR) is 106 cm³/mol. The third-order valence-corrected chi connectivity index (χ3v) is 3.83. The zero-order valence-corrected chi connectivity index (χ0v) is 15.4. The van der Waals surface area contributed by atoms with Gasteiger partial charge in [-0.2, -0.15) is 0 Å². The van der Waals surface area contributed by atoms with Gasteiger partial charge < -0.3 is 15.4 Å². The molecule has 134 valence electrons. The van der Waals surface area contributed by atoms with Crippen LogP contribution in [0.4, 0.5) is 17.3 Å². The van der Waals surface area contributed by atoms with Gasteiger partial charge in [-0.3, -0.25) is 0 Å². The third kappa shape index (κ3) is 4.96. The van der Waals surface area contributed by atoms with E-state index in [-0.39, 0.29) is 0 Å². The van der Waals surface area contributed by atoms with Crippen molar-refractivity contribution in [1.29, 1.82) is 0 Å². The van der Waals surface area contributed by atoms with E-state index >= 15 is 0 Å². The van der Waals surface area contributed by atoms with Gasteiger partial charge in [0, 0.05) is 18.3 Å². The summed E-state index contributed by atoms with van der Waals surface area (Å²) in [6, 6.07) is 18.2. The highest BCUT2D eigenvalue weighted by Crippen LogP contribution is 2.21. The second kappa shape index (κ2) is 8.34. The maximum Gasteiger partial charge on any atom is 0.136 e. The zero-order valence-electron chi connectivity index (χ0n) is 15.4.